The minimum Gasteiger partial charge on any atom is -0.393 e. The molecule has 1 fully saturated rings. The molecule has 1 aliphatic carbocycles. The number of nitrogens with zero attached hydrogens (tertiary/aromatic N) is 1. The van der Waals surface area contributed by atoms with Gasteiger partial charge in [-0.15, -0.1) is 0 Å². The Labute approximate surface area is 126 Å². The van der Waals surface area contributed by atoms with Gasteiger partial charge in [-0.1, -0.05) is 6.07 Å². The van der Waals surface area contributed by atoms with Crippen LogP contribution in [0.15, 0.2) is 18.2 Å². The van der Waals surface area contributed by atoms with Crippen molar-refractivity contribution < 1.29 is 9.90 Å². The van der Waals surface area contributed by atoms with Gasteiger partial charge in [0.25, 0.3) is 0 Å². The average molecular weight is 288 g/mol. The van der Waals surface area contributed by atoms with Gasteiger partial charge in [-0.25, -0.2) is 0 Å². The number of nitrogens with one attached hydrogen (secondary N) is 1. The van der Waals surface area contributed by atoms with Crippen molar-refractivity contribution in [2.24, 2.45) is 0 Å². The second-order valence-electron chi connectivity index (χ2n) is 6.25. The number of carbonyl (C=O) groups is 1. The van der Waals surface area contributed by atoms with Crippen molar-refractivity contribution in [3.63, 3.8) is 0 Å². The molecular formula is C17H24N2O2. The van der Waals surface area contributed by atoms with Gasteiger partial charge in [0, 0.05) is 18.8 Å². The van der Waals surface area contributed by atoms with Crippen LogP contribution in [0.1, 0.15) is 36.8 Å². The Morgan fingerprint density at radius 1 is 1.19 bits per heavy atom. The SMILES string of the molecule is O=C(CN1CCC(O)CC1)Nc1ccc2c(c1)CCCC2. The summed E-state index contributed by atoms with van der Waals surface area (Å²) in [7, 11) is 0. The molecule has 0 radical (unpaired) electrons. The van der Waals surface area contributed by atoms with Gasteiger partial charge in [0.2, 0.25) is 5.91 Å². The van der Waals surface area contributed by atoms with Crippen LogP contribution in [0.3, 0.4) is 0 Å². The number of aliphatic hydroxyl groups is 1. The molecule has 4 nitrogen and oxygen atoms in total. The number of benzene rings is 1. The van der Waals surface area contributed by atoms with E-state index in [1.54, 1.807) is 0 Å². The third-order valence-electron chi connectivity index (χ3n) is 4.56. The van der Waals surface area contributed by atoms with Crippen LogP contribution in [0, 0.1) is 0 Å². The largest absolute Gasteiger partial charge is 0.393 e. The maximum absolute atomic E-state index is 12.1. The van der Waals surface area contributed by atoms with Crippen molar-refractivity contribution in [1.82, 2.24) is 4.90 Å². The molecule has 21 heavy (non-hydrogen) atoms. The van der Waals surface area contributed by atoms with Crippen LogP contribution in [0.4, 0.5) is 5.69 Å². The molecule has 0 saturated carbocycles. The van der Waals surface area contributed by atoms with Crippen molar-refractivity contribution in [2.75, 3.05) is 25.0 Å². The number of rotatable bonds is 3. The number of anilines is 1. The molecule has 0 atom stereocenters. The van der Waals surface area contributed by atoms with Gasteiger partial charge in [-0.2, -0.15) is 0 Å². The molecule has 3 rings (SSSR count). The molecule has 0 unspecified atom stereocenters. The van der Waals surface area contributed by atoms with E-state index in [0.29, 0.717) is 6.54 Å². The highest BCUT2D eigenvalue weighted by atomic mass is 16.3. The van der Waals surface area contributed by atoms with Gasteiger partial charge in [-0.3, -0.25) is 9.69 Å². The van der Waals surface area contributed by atoms with Crippen molar-refractivity contribution in [3.8, 4) is 0 Å². The first-order valence-corrected chi connectivity index (χ1v) is 8.03. The van der Waals surface area contributed by atoms with E-state index < -0.39 is 0 Å². The Morgan fingerprint density at radius 2 is 1.90 bits per heavy atom. The normalized spacial score (nSPS) is 20.0. The van der Waals surface area contributed by atoms with E-state index >= 15 is 0 Å². The Kier molecular flexibility index (Phi) is 4.56. The van der Waals surface area contributed by atoms with Crippen LogP contribution < -0.4 is 5.32 Å². The van der Waals surface area contributed by atoms with Crippen LogP contribution in [0.2, 0.25) is 0 Å². The number of carbonyl (C=O) groups excluding carboxylic acids is 1. The average Bonchev–Trinajstić information content (AvgIpc) is 2.49. The Bertz CT molecular complexity index is 508. The van der Waals surface area contributed by atoms with Crippen molar-refractivity contribution in [3.05, 3.63) is 29.3 Å². The van der Waals surface area contributed by atoms with E-state index in [1.165, 1.54) is 30.4 Å². The Hall–Kier alpha value is -1.39. The van der Waals surface area contributed by atoms with E-state index in [0.717, 1.165) is 38.0 Å². The minimum absolute atomic E-state index is 0.0437. The number of hydrogen-bond donors (Lipinski definition) is 2. The summed E-state index contributed by atoms with van der Waals surface area (Å²) < 4.78 is 0. The maximum Gasteiger partial charge on any atom is 0.238 e. The van der Waals surface area contributed by atoms with Crippen molar-refractivity contribution in [2.45, 2.75) is 44.6 Å². The molecule has 1 amide bonds. The molecule has 1 aromatic rings. The zero-order valence-electron chi connectivity index (χ0n) is 12.5. The number of amides is 1. The monoisotopic (exact) mass is 288 g/mol. The first-order valence-electron chi connectivity index (χ1n) is 8.03. The smallest absolute Gasteiger partial charge is 0.238 e. The van der Waals surface area contributed by atoms with E-state index in [-0.39, 0.29) is 12.0 Å². The summed E-state index contributed by atoms with van der Waals surface area (Å²) in [6.45, 7) is 2.03. The van der Waals surface area contributed by atoms with E-state index in [1.807, 2.05) is 6.07 Å². The molecule has 1 heterocycles. The lowest BCUT2D eigenvalue weighted by Crippen LogP contribution is -2.40. The Morgan fingerprint density at radius 3 is 2.67 bits per heavy atom. The quantitative estimate of drug-likeness (QED) is 0.894. The highest BCUT2D eigenvalue weighted by molar-refractivity contribution is 5.92. The van der Waals surface area contributed by atoms with E-state index in [4.69, 9.17) is 0 Å². The molecule has 0 aromatic heterocycles. The van der Waals surface area contributed by atoms with Gasteiger partial charge in [0.05, 0.1) is 12.6 Å². The molecule has 2 aliphatic rings. The molecule has 0 spiro atoms. The first kappa shape index (κ1) is 14.5. The highest BCUT2D eigenvalue weighted by Crippen LogP contribution is 2.24. The summed E-state index contributed by atoms with van der Waals surface area (Å²) in [6, 6.07) is 6.30. The summed E-state index contributed by atoms with van der Waals surface area (Å²) in [5.74, 6) is 0.0437. The molecule has 1 aromatic carbocycles. The highest BCUT2D eigenvalue weighted by Gasteiger charge is 2.19. The lowest BCUT2D eigenvalue weighted by atomic mass is 9.91. The minimum atomic E-state index is -0.190. The topological polar surface area (TPSA) is 52.6 Å². The number of aryl methyl sites for hydroxylation is 2. The summed E-state index contributed by atoms with van der Waals surface area (Å²) in [5.41, 5.74) is 3.74. The van der Waals surface area contributed by atoms with Gasteiger partial charge >= 0.3 is 0 Å². The summed E-state index contributed by atoms with van der Waals surface area (Å²) in [4.78, 5) is 14.2. The summed E-state index contributed by atoms with van der Waals surface area (Å²) >= 11 is 0. The first-order chi connectivity index (χ1) is 10.2. The molecule has 0 bridgehead atoms. The second kappa shape index (κ2) is 6.58. The lowest BCUT2D eigenvalue weighted by Gasteiger charge is -2.28. The number of piperidine rings is 1. The molecule has 2 N–H and O–H groups in total. The molecular weight excluding hydrogens is 264 g/mol. The standard InChI is InChI=1S/C17H24N2O2/c20-16-7-9-19(10-8-16)12-17(21)18-15-6-5-13-3-1-2-4-14(13)11-15/h5-6,11,16,20H,1-4,7-10,12H2,(H,18,21). The third-order valence-corrected chi connectivity index (χ3v) is 4.56. The molecule has 1 saturated heterocycles. The fourth-order valence-corrected chi connectivity index (χ4v) is 3.29. The third kappa shape index (κ3) is 3.83. The van der Waals surface area contributed by atoms with Crippen LogP contribution in [-0.2, 0) is 17.6 Å². The van der Waals surface area contributed by atoms with Crippen molar-refractivity contribution >= 4 is 11.6 Å². The molecule has 4 heteroatoms. The van der Waals surface area contributed by atoms with Crippen LogP contribution in [-0.4, -0.2) is 41.7 Å². The van der Waals surface area contributed by atoms with Crippen molar-refractivity contribution in [1.29, 1.82) is 0 Å². The van der Waals surface area contributed by atoms with Crippen LogP contribution >= 0.6 is 0 Å². The fourth-order valence-electron chi connectivity index (χ4n) is 3.29. The lowest BCUT2D eigenvalue weighted by molar-refractivity contribution is -0.117. The Balaban J connectivity index is 1.55. The van der Waals surface area contributed by atoms with Crippen LogP contribution in [0.25, 0.3) is 0 Å². The van der Waals surface area contributed by atoms with E-state index in [2.05, 4.69) is 22.3 Å². The summed E-state index contributed by atoms with van der Waals surface area (Å²) in [6.07, 6.45) is 6.17. The zero-order valence-corrected chi connectivity index (χ0v) is 12.5. The molecule has 114 valence electrons. The number of likely N-dealkylation sites (tertiary alicyclic amines) is 1. The number of hydrogen-bond acceptors (Lipinski definition) is 3. The maximum atomic E-state index is 12.1. The molecule has 1 aliphatic heterocycles. The number of aliphatic hydroxyl groups excluding tert-OH is 1. The van der Waals surface area contributed by atoms with Gasteiger partial charge in [0.1, 0.15) is 0 Å². The van der Waals surface area contributed by atoms with E-state index in [9.17, 15) is 9.90 Å². The summed E-state index contributed by atoms with van der Waals surface area (Å²) in [5, 5.41) is 12.5. The van der Waals surface area contributed by atoms with Gasteiger partial charge in [-0.05, 0) is 61.8 Å². The van der Waals surface area contributed by atoms with Gasteiger partial charge in [0.15, 0.2) is 0 Å². The predicted octanol–water partition coefficient (Wildman–Crippen LogP) is 1.96. The fraction of sp³-hybridized carbons (Fsp3) is 0.588. The number of fused-ring (bicyclic) bond motifs is 1. The predicted molar refractivity (Wildman–Crippen MR) is 83.4 cm³/mol. The van der Waals surface area contributed by atoms with Gasteiger partial charge < -0.3 is 10.4 Å². The zero-order chi connectivity index (χ0) is 14.7. The van der Waals surface area contributed by atoms with Crippen LogP contribution in [0.5, 0.6) is 0 Å². The second-order valence-corrected chi connectivity index (χ2v) is 6.25.